The third kappa shape index (κ3) is 2.94. The molecule has 2 aromatic heterocycles. The molecule has 160 valence electrons. The lowest BCUT2D eigenvalue weighted by molar-refractivity contribution is -0.385. The summed E-state index contributed by atoms with van der Waals surface area (Å²) in [6.07, 6.45) is 8.40. The number of rotatable bonds is 5. The van der Waals surface area contributed by atoms with Crippen LogP contribution in [0.3, 0.4) is 0 Å². The largest absolute Gasteiger partial charge is 0.346 e. The van der Waals surface area contributed by atoms with Gasteiger partial charge in [-0.3, -0.25) is 24.3 Å². The van der Waals surface area contributed by atoms with Crippen molar-refractivity contribution in [3.8, 4) is 0 Å². The van der Waals surface area contributed by atoms with Crippen molar-refractivity contribution in [2.24, 2.45) is 24.8 Å². The smallest absolute Gasteiger partial charge is 0.320 e. The van der Waals surface area contributed by atoms with E-state index in [1.807, 2.05) is 20.9 Å². The summed E-state index contributed by atoms with van der Waals surface area (Å²) >= 11 is 0. The Bertz CT molecular complexity index is 1000. The van der Waals surface area contributed by atoms with Crippen molar-refractivity contribution in [2.75, 3.05) is 0 Å². The predicted molar refractivity (Wildman–Crippen MR) is 109 cm³/mol. The third-order valence-electron chi connectivity index (χ3n) is 7.68. The van der Waals surface area contributed by atoms with Gasteiger partial charge in [-0.05, 0) is 70.1 Å². The second-order valence-corrected chi connectivity index (χ2v) is 9.66. The van der Waals surface area contributed by atoms with Gasteiger partial charge in [-0.15, -0.1) is 0 Å². The topological polar surface area (TPSA) is 108 Å². The number of hydrogen-bond donors (Lipinski definition) is 1. The van der Waals surface area contributed by atoms with Gasteiger partial charge >= 0.3 is 5.69 Å². The molecule has 1 amide bonds. The zero-order chi connectivity index (χ0) is 21.2. The first-order valence-corrected chi connectivity index (χ1v) is 10.8. The number of nitro groups is 1. The molecule has 9 nitrogen and oxygen atoms in total. The van der Waals surface area contributed by atoms with E-state index in [2.05, 4.69) is 15.5 Å². The maximum absolute atomic E-state index is 12.9. The summed E-state index contributed by atoms with van der Waals surface area (Å²) in [5.41, 5.74) is 2.27. The first-order valence-electron chi connectivity index (χ1n) is 10.8. The molecule has 0 unspecified atom stereocenters. The lowest BCUT2D eigenvalue weighted by Crippen LogP contribution is -2.52. The Kier molecular flexibility index (Phi) is 4.27. The van der Waals surface area contributed by atoms with E-state index in [-0.39, 0.29) is 23.5 Å². The highest BCUT2D eigenvalue weighted by Crippen LogP contribution is 2.58. The van der Waals surface area contributed by atoms with Crippen LogP contribution < -0.4 is 5.32 Å². The van der Waals surface area contributed by atoms with Crippen LogP contribution >= 0.6 is 0 Å². The fraction of sp³-hybridized carbons (Fsp3) is 0.667. The van der Waals surface area contributed by atoms with E-state index in [0.717, 1.165) is 36.2 Å². The van der Waals surface area contributed by atoms with Crippen LogP contribution in [-0.2, 0) is 19.1 Å². The van der Waals surface area contributed by atoms with Gasteiger partial charge in [0.15, 0.2) is 0 Å². The van der Waals surface area contributed by atoms with Gasteiger partial charge in [-0.2, -0.15) is 10.2 Å². The standard InChI is InChI=1S/C21H28N6O3/c1-12-17(13(2)25(3)23-12)10-22-20(28)19-18(27(29)30)11-26(24-19)21-7-14-4-15(8-21)6-16(5-14)9-21/h11,14-16H,4-10H2,1-3H3,(H,22,28). The van der Waals surface area contributed by atoms with Gasteiger partial charge in [0.25, 0.3) is 5.91 Å². The Hall–Kier alpha value is -2.71. The maximum atomic E-state index is 12.9. The number of amides is 1. The molecule has 0 aromatic carbocycles. The molecule has 30 heavy (non-hydrogen) atoms. The molecule has 2 aromatic rings. The predicted octanol–water partition coefficient (Wildman–Crippen LogP) is 3.00. The third-order valence-corrected chi connectivity index (χ3v) is 7.68. The van der Waals surface area contributed by atoms with Gasteiger partial charge in [-0.1, -0.05) is 0 Å². The van der Waals surface area contributed by atoms with Crippen LogP contribution in [0.2, 0.25) is 0 Å². The minimum Gasteiger partial charge on any atom is -0.346 e. The van der Waals surface area contributed by atoms with Crippen molar-refractivity contribution >= 4 is 11.6 Å². The Morgan fingerprint density at radius 2 is 1.80 bits per heavy atom. The zero-order valence-electron chi connectivity index (χ0n) is 17.7. The van der Waals surface area contributed by atoms with Crippen molar-refractivity contribution in [3.05, 3.63) is 39.0 Å². The van der Waals surface area contributed by atoms with Gasteiger partial charge < -0.3 is 5.32 Å². The summed E-state index contributed by atoms with van der Waals surface area (Å²) in [6, 6.07) is 0. The second kappa shape index (κ2) is 6.65. The molecule has 6 rings (SSSR count). The lowest BCUT2D eigenvalue weighted by atomic mass is 9.53. The Balaban J connectivity index is 1.42. The number of nitrogens with zero attached hydrogens (tertiary/aromatic N) is 5. The van der Waals surface area contributed by atoms with E-state index in [1.165, 1.54) is 25.5 Å². The van der Waals surface area contributed by atoms with Crippen LogP contribution in [0.5, 0.6) is 0 Å². The highest BCUT2D eigenvalue weighted by Gasteiger charge is 2.53. The van der Waals surface area contributed by atoms with E-state index < -0.39 is 10.8 Å². The molecular weight excluding hydrogens is 384 g/mol. The molecule has 4 aliphatic rings. The SMILES string of the molecule is Cc1nn(C)c(C)c1CNC(=O)c1nn(C23CC4CC(CC(C4)C2)C3)cc1[N+](=O)[O-]. The van der Waals surface area contributed by atoms with Gasteiger partial charge in [0.05, 0.1) is 16.2 Å². The summed E-state index contributed by atoms with van der Waals surface area (Å²) in [4.78, 5) is 24.1. The number of nitrogens with one attached hydrogen (secondary N) is 1. The number of hydrogen-bond acceptors (Lipinski definition) is 5. The molecular formula is C21H28N6O3. The van der Waals surface area contributed by atoms with Crippen LogP contribution in [0, 0.1) is 41.7 Å². The fourth-order valence-electron chi connectivity index (χ4n) is 6.57. The molecule has 9 heteroatoms. The van der Waals surface area contributed by atoms with Crippen LogP contribution in [0.4, 0.5) is 5.69 Å². The quantitative estimate of drug-likeness (QED) is 0.600. The highest BCUT2D eigenvalue weighted by atomic mass is 16.6. The maximum Gasteiger partial charge on any atom is 0.320 e. The fourth-order valence-corrected chi connectivity index (χ4v) is 6.57. The summed E-state index contributed by atoms with van der Waals surface area (Å²) in [6.45, 7) is 4.09. The van der Waals surface area contributed by atoms with E-state index in [1.54, 1.807) is 9.36 Å². The minimum atomic E-state index is -0.507. The minimum absolute atomic E-state index is 0.0880. The number of aryl methyl sites for hydroxylation is 2. The van der Waals surface area contributed by atoms with Crippen LogP contribution in [0.15, 0.2) is 6.20 Å². The van der Waals surface area contributed by atoms with Gasteiger partial charge in [0.1, 0.15) is 6.20 Å². The molecule has 4 fully saturated rings. The van der Waals surface area contributed by atoms with Crippen molar-refractivity contribution < 1.29 is 9.72 Å². The summed E-state index contributed by atoms with van der Waals surface area (Å²) in [7, 11) is 1.85. The van der Waals surface area contributed by atoms with Gasteiger partial charge in [0, 0.05) is 24.8 Å². The normalized spacial score (nSPS) is 29.4. The van der Waals surface area contributed by atoms with Crippen LogP contribution in [-0.4, -0.2) is 30.4 Å². The summed E-state index contributed by atoms with van der Waals surface area (Å²) < 4.78 is 3.55. The van der Waals surface area contributed by atoms with Crippen LogP contribution in [0.1, 0.15) is 66.0 Å². The molecule has 4 saturated carbocycles. The molecule has 2 heterocycles. The van der Waals surface area contributed by atoms with E-state index in [0.29, 0.717) is 17.8 Å². The lowest BCUT2D eigenvalue weighted by Gasteiger charge is -2.56. The van der Waals surface area contributed by atoms with Crippen molar-refractivity contribution in [1.82, 2.24) is 24.9 Å². The van der Waals surface area contributed by atoms with Crippen LogP contribution in [0.25, 0.3) is 0 Å². The monoisotopic (exact) mass is 412 g/mol. The molecule has 0 spiro atoms. The van der Waals surface area contributed by atoms with Crippen molar-refractivity contribution in [3.63, 3.8) is 0 Å². The molecule has 4 bridgehead atoms. The molecule has 0 aliphatic heterocycles. The number of aromatic nitrogens is 4. The molecule has 0 radical (unpaired) electrons. The Labute approximate surface area is 175 Å². The molecule has 4 aliphatic carbocycles. The van der Waals surface area contributed by atoms with Gasteiger partial charge in [0.2, 0.25) is 5.69 Å². The Morgan fingerprint density at radius 3 is 2.30 bits per heavy atom. The average Bonchev–Trinajstić information content (AvgIpc) is 3.22. The molecule has 0 saturated heterocycles. The summed E-state index contributed by atoms with van der Waals surface area (Å²) in [5.74, 6) is 1.56. The van der Waals surface area contributed by atoms with E-state index in [4.69, 9.17) is 0 Å². The van der Waals surface area contributed by atoms with Gasteiger partial charge in [-0.25, -0.2) is 0 Å². The first kappa shape index (κ1) is 19.3. The highest BCUT2D eigenvalue weighted by molar-refractivity contribution is 5.96. The zero-order valence-corrected chi connectivity index (χ0v) is 17.7. The first-order chi connectivity index (χ1) is 14.3. The molecule has 0 atom stereocenters. The number of carbonyl (C=O) groups is 1. The number of carbonyl (C=O) groups excluding carboxylic acids is 1. The summed E-state index contributed by atoms with van der Waals surface area (Å²) in [5, 5.41) is 23.4. The Morgan fingerprint density at radius 1 is 1.20 bits per heavy atom. The van der Waals surface area contributed by atoms with Crippen molar-refractivity contribution in [1.29, 1.82) is 0 Å². The van der Waals surface area contributed by atoms with Crippen molar-refractivity contribution in [2.45, 2.75) is 64.5 Å². The second-order valence-electron chi connectivity index (χ2n) is 9.66. The van der Waals surface area contributed by atoms with E-state index in [9.17, 15) is 14.9 Å². The average molecular weight is 412 g/mol. The molecule has 1 N–H and O–H groups in total. The van der Waals surface area contributed by atoms with E-state index >= 15 is 0 Å².